The maximum absolute atomic E-state index is 14.0. The summed E-state index contributed by atoms with van der Waals surface area (Å²) in [6.45, 7) is 4.25. The van der Waals surface area contributed by atoms with Crippen LogP contribution in [0.2, 0.25) is 0 Å². The van der Waals surface area contributed by atoms with Gasteiger partial charge in [-0.05, 0) is 66.3 Å². The van der Waals surface area contributed by atoms with Gasteiger partial charge in [0.1, 0.15) is 5.82 Å². The predicted molar refractivity (Wildman–Crippen MR) is 158 cm³/mol. The van der Waals surface area contributed by atoms with Crippen molar-refractivity contribution in [1.29, 1.82) is 0 Å². The van der Waals surface area contributed by atoms with Gasteiger partial charge in [0, 0.05) is 23.5 Å². The van der Waals surface area contributed by atoms with Crippen LogP contribution in [0, 0.1) is 5.82 Å². The van der Waals surface area contributed by atoms with Crippen LogP contribution in [0.3, 0.4) is 0 Å². The number of hydrogen-bond acceptors (Lipinski definition) is 4. The third-order valence-electron chi connectivity index (χ3n) is 6.93. The van der Waals surface area contributed by atoms with Crippen LogP contribution in [0.25, 0.3) is 22.4 Å². The number of anilines is 1. The molecule has 4 aromatic rings. The van der Waals surface area contributed by atoms with E-state index in [2.05, 4.69) is 5.32 Å². The van der Waals surface area contributed by atoms with Gasteiger partial charge in [-0.15, -0.1) is 0 Å². The summed E-state index contributed by atoms with van der Waals surface area (Å²) in [6, 6.07) is 24.8. The number of amides is 1. The molecule has 0 bridgehead atoms. The van der Waals surface area contributed by atoms with Crippen LogP contribution in [0.15, 0.2) is 84.9 Å². The van der Waals surface area contributed by atoms with E-state index in [4.69, 9.17) is 5.11 Å². The van der Waals surface area contributed by atoms with Crippen molar-refractivity contribution < 1.29 is 82.1 Å². The number of rotatable bonds is 12. The second-order valence-electron chi connectivity index (χ2n) is 10.4. The zero-order chi connectivity index (χ0) is 29.5. The summed E-state index contributed by atoms with van der Waals surface area (Å²) in [5, 5.41) is 32.8. The fourth-order valence-corrected chi connectivity index (χ4v) is 5.20. The van der Waals surface area contributed by atoms with Crippen molar-refractivity contribution in [2.45, 2.75) is 57.8 Å². The number of carboxylic acids is 1. The topological polar surface area (TPSA) is 112 Å². The van der Waals surface area contributed by atoms with Gasteiger partial charge in [0.25, 0.3) is 5.91 Å². The first-order chi connectivity index (χ1) is 19.7. The standard InChI is InChI=1S/C33H35FN2O5.K.H/c1-21(2)31-30(33(41)35-25-11-7-4-8-12-25)29(22-9-5-3-6-10-22)32(23-13-15-24(34)16-14-23)36(31)18-17-26(37)19-27(38)20-28(39)40;;/h3-16,21,26-27,37-38H,17-20H2,1-2H3,(H,35,41)(H,39,40);;/q;+1;-1/t26-,27-;;/m1../s1. The second kappa shape index (κ2) is 15.7. The van der Waals surface area contributed by atoms with Crippen LogP contribution in [0.5, 0.6) is 0 Å². The zero-order valence-electron chi connectivity index (χ0n) is 25.1. The number of nitrogens with zero attached hydrogens (tertiary/aromatic N) is 1. The van der Waals surface area contributed by atoms with Gasteiger partial charge in [-0.1, -0.05) is 62.4 Å². The van der Waals surface area contributed by atoms with E-state index >= 15 is 0 Å². The monoisotopic (exact) mass is 598 g/mol. The van der Waals surface area contributed by atoms with Gasteiger partial charge in [-0.25, -0.2) is 4.39 Å². The molecule has 0 aliphatic rings. The summed E-state index contributed by atoms with van der Waals surface area (Å²) < 4.78 is 16.0. The summed E-state index contributed by atoms with van der Waals surface area (Å²) in [4.78, 5) is 25.0. The number of nitrogens with one attached hydrogen (secondary N) is 1. The van der Waals surface area contributed by atoms with Crippen molar-refractivity contribution in [3.8, 4) is 22.4 Å². The van der Waals surface area contributed by atoms with E-state index in [1.807, 2.05) is 79.1 Å². The first-order valence-corrected chi connectivity index (χ1v) is 13.7. The largest absolute Gasteiger partial charge is 1.00 e. The van der Waals surface area contributed by atoms with Gasteiger partial charge in [0.15, 0.2) is 0 Å². The van der Waals surface area contributed by atoms with Crippen molar-refractivity contribution in [1.82, 2.24) is 4.57 Å². The molecule has 2 atom stereocenters. The molecule has 0 aliphatic carbocycles. The molecule has 3 aromatic carbocycles. The summed E-state index contributed by atoms with van der Waals surface area (Å²) in [7, 11) is 0. The summed E-state index contributed by atoms with van der Waals surface area (Å²) in [5.74, 6) is -1.93. The molecule has 7 nitrogen and oxygen atoms in total. The minimum atomic E-state index is -1.18. The Morgan fingerprint density at radius 1 is 0.881 bits per heavy atom. The fourth-order valence-electron chi connectivity index (χ4n) is 5.20. The number of para-hydroxylation sites is 1. The molecular weight excluding hydrogens is 562 g/mol. The van der Waals surface area contributed by atoms with Crippen molar-refractivity contribution in [2.75, 3.05) is 5.32 Å². The van der Waals surface area contributed by atoms with E-state index in [0.29, 0.717) is 28.1 Å². The molecule has 42 heavy (non-hydrogen) atoms. The molecule has 0 fully saturated rings. The van der Waals surface area contributed by atoms with E-state index in [1.54, 1.807) is 12.1 Å². The first kappa shape index (κ1) is 33.9. The Bertz CT molecular complexity index is 1480. The van der Waals surface area contributed by atoms with Gasteiger partial charge >= 0.3 is 57.4 Å². The Hall–Kier alpha value is -2.63. The quantitative estimate of drug-likeness (QED) is 0.187. The SMILES string of the molecule is CC(C)c1c(C(=O)Nc2ccccc2)c(-c2ccccc2)c(-c2ccc(F)cc2)n1CC[C@@H](O)C[C@@H](O)CC(=O)O.[H-].[K+]. The van der Waals surface area contributed by atoms with Gasteiger partial charge < -0.3 is 26.6 Å². The molecule has 4 rings (SSSR count). The molecule has 1 heterocycles. The number of carboxylic acid groups (broad SMARTS) is 1. The number of benzene rings is 3. The van der Waals surface area contributed by atoms with Crippen molar-refractivity contribution >= 4 is 17.6 Å². The average molecular weight is 599 g/mol. The summed E-state index contributed by atoms with van der Waals surface area (Å²) in [5.41, 5.74) is 4.77. The number of carbonyl (C=O) groups is 2. The van der Waals surface area contributed by atoms with Crippen molar-refractivity contribution in [3.05, 3.63) is 102 Å². The number of carbonyl (C=O) groups excluding carboxylic acids is 1. The first-order valence-electron chi connectivity index (χ1n) is 13.7. The maximum Gasteiger partial charge on any atom is 1.00 e. The minimum Gasteiger partial charge on any atom is -1.00 e. The molecule has 9 heteroatoms. The molecule has 4 N–H and O–H groups in total. The van der Waals surface area contributed by atoms with E-state index in [1.165, 1.54) is 12.1 Å². The van der Waals surface area contributed by atoms with Crippen LogP contribution in [-0.4, -0.2) is 44.0 Å². The number of hydrogen-bond donors (Lipinski definition) is 4. The third-order valence-corrected chi connectivity index (χ3v) is 6.93. The summed E-state index contributed by atoms with van der Waals surface area (Å²) in [6.07, 6.45) is -2.51. The van der Waals surface area contributed by atoms with Gasteiger partial charge in [-0.2, -0.15) is 0 Å². The Kier molecular flexibility index (Phi) is 12.7. The van der Waals surface area contributed by atoms with Crippen LogP contribution in [0.1, 0.15) is 56.5 Å². The predicted octanol–water partition coefficient (Wildman–Crippen LogP) is 3.43. The molecule has 1 amide bonds. The van der Waals surface area contributed by atoms with E-state index < -0.39 is 24.6 Å². The molecule has 0 saturated heterocycles. The molecular formula is C33H36FKN2O5. The third kappa shape index (κ3) is 8.47. The Balaban J connectivity index is 0.00000323. The number of halogens is 1. The van der Waals surface area contributed by atoms with Gasteiger partial charge in [-0.3, -0.25) is 9.59 Å². The van der Waals surface area contributed by atoms with E-state index in [0.717, 1.165) is 11.3 Å². The maximum atomic E-state index is 14.0. The Labute approximate surface area is 289 Å². The van der Waals surface area contributed by atoms with Gasteiger partial charge in [0.2, 0.25) is 0 Å². The smallest absolute Gasteiger partial charge is 1.00 e. The number of aliphatic hydroxyl groups excluding tert-OH is 2. The molecule has 216 valence electrons. The molecule has 0 spiro atoms. The van der Waals surface area contributed by atoms with Crippen LogP contribution in [0.4, 0.5) is 10.1 Å². The van der Waals surface area contributed by atoms with Gasteiger partial charge in [0.05, 0.1) is 29.9 Å². The molecule has 0 saturated carbocycles. The van der Waals surface area contributed by atoms with Crippen LogP contribution in [-0.2, 0) is 11.3 Å². The van der Waals surface area contributed by atoms with E-state index in [9.17, 15) is 24.2 Å². The van der Waals surface area contributed by atoms with Crippen LogP contribution < -0.4 is 56.7 Å². The summed E-state index contributed by atoms with van der Waals surface area (Å²) >= 11 is 0. The Morgan fingerprint density at radius 3 is 2.05 bits per heavy atom. The van der Waals surface area contributed by atoms with Crippen molar-refractivity contribution in [3.63, 3.8) is 0 Å². The number of aliphatic hydroxyl groups is 2. The second-order valence-corrected chi connectivity index (χ2v) is 10.4. The Morgan fingerprint density at radius 2 is 1.48 bits per heavy atom. The minimum absolute atomic E-state index is 0. The molecule has 0 unspecified atom stereocenters. The fraction of sp³-hybridized carbons (Fsp3) is 0.273. The normalized spacial score (nSPS) is 12.4. The molecule has 1 aromatic heterocycles. The number of aliphatic carboxylic acids is 1. The zero-order valence-corrected chi connectivity index (χ0v) is 27.2. The molecule has 0 radical (unpaired) electrons. The van der Waals surface area contributed by atoms with Crippen LogP contribution >= 0.6 is 0 Å². The van der Waals surface area contributed by atoms with E-state index in [-0.39, 0.29) is 89.8 Å². The average Bonchev–Trinajstić information content (AvgIpc) is 3.28. The number of aromatic nitrogens is 1. The van der Waals surface area contributed by atoms with Crippen molar-refractivity contribution in [2.24, 2.45) is 0 Å². The molecule has 0 aliphatic heterocycles.